The number of rotatable bonds is 13. The number of hydrogen-bond donors (Lipinski definition) is 3. The molecule has 33 heavy (non-hydrogen) atoms. The summed E-state index contributed by atoms with van der Waals surface area (Å²) in [6.07, 6.45) is 7.93. The van der Waals surface area contributed by atoms with Gasteiger partial charge in [0, 0.05) is 23.4 Å². The molecule has 0 bridgehead atoms. The number of anilines is 1. The molecule has 0 fully saturated rings. The highest BCUT2D eigenvalue weighted by molar-refractivity contribution is 7.80. The molecule has 178 valence electrons. The molecule has 6 nitrogen and oxygen atoms in total. The summed E-state index contributed by atoms with van der Waals surface area (Å²) in [6.45, 7) is 5.63. The second kappa shape index (κ2) is 15.0. The van der Waals surface area contributed by atoms with Gasteiger partial charge >= 0.3 is 0 Å². The van der Waals surface area contributed by atoms with E-state index in [1.54, 1.807) is 48.5 Å². The first-order valence-electron chi connectivity index (χ1n) is 11.8. The maximum atomic E-state index is 12.5. The standard InChI is InChI=1S/C26H35N3O3S/c1-3-5-7-8-9-19-32-23-16-12-21(13-17-23)25(31)29-26(33)28-22-14-10-20(11-15-22)24(30)27-18-6-4-2/h10-17H,3-9,18-19H2,1-2H3,(H,27,30)(H2,28,29,31,33). The average molecular weight is 470 g/mol. The fourth-order valence-corrected chi connectivity index (χ4v) is 3.33. The van der Waals surface area contributed by atoms with Gasteiger partial charge in [-0.05, 0) is 73.6 Å². The number of benzene rings is 2. The largest absolute Gasteiger partial charge is 0.494 e. The van der Waals surface area contributed by atoms with Crippen molar-refractivity contribution in [3.05, 3.63) is 59.7 Å². The van der Waals surface area contributed by atoms with E-state index in [0.717, 1.165) is 25.0 Å². The highest BCUT2D eigenvalue weighted by atomic mass is 32.1. The first kappa shape index (κ1) is 26.3. The normalized spacial score (nSPS) is 10.4. The van der Waals surface area contributed by atoms with Gasteiger partial charge in [0.25, 0.3) is 11.8 Å². The van der Waals surface area contributed by atoms with Crippen molar-refractivity contribution in [2.45, 2.75) is 58.8 Å². The van der Waals surface area contributed by atoms with Gasteiger partial charge in [0.15, 0.2) is 5.11 Å². The number of unbranched alkanes of at least 4 members (excludes halogenated alkanes) is 5. The summed E-state index contributed by atoms with van der Waals surface area (Å²) in [5.74, 6) is 0.349. The van der Waals surface area contributed by atoms with Crippen LogP contribution in [0.3, 0.4) is 0 Å². The molecule has 0 saturated carbocycles. The number of thiocarbonyl (C=S) groups is 1. The molecule has 0 aliphatic heterocycles. The van der Waals surface area contributed by atoms with Gasteiger partial charge in [0.05, 0.1) is 6.61 Å². The summed E-state index contributed by atoms with van der Waals surface area (Å²) in [5, 5.41) is 8.70. The first-order valence-corrected chi connectivity index (χ1v) is 12.2. The van der Waals surface area contributed by atoms with Gasteiger partial charge in [-0.3, -0.25) is 14.9 Å². The Morgan fingerprint density at radius 2 is 1.39 bits per heavy atom. The van der Waals surface area contributed by atoms with Crippen molar-refractivity contribution >= 4 is 34.8 Å². The lowest BCUT2D eigenvalue weighted by Gasteiger charge is -2.11. The topological polar surface area (TPSA) is 79.5 Å². The van der Waals surface area contributed by atoms with Gasteiger partial charge < -0.3 is 15.4 Å². The van der Waals surface area contributed by atoms with E-state index in [1.807, 2.05) is 0 Å². The lowest BCUT2D eigenvalue weighted by Crippen LogP contribution is -2.34. The van der Waals surface area contributed by atoms with Crippen molar-refractivity contribution < 1.29 is 14.3 Å². The van der Waals surface area contributed by atoms with Crippen LogP contribution in [0.1, 0.15) is 79.5 Å². The average Bonchev–Trinajstić information content (AvgIpc) is 2.82. The summed E-state index contributed by atoms with van der Waals surface area (Å²) < 4.78 is 5.74. The number of carbonyl (C=O) groups is 2. The van der Waals surface area contributed by atoms with E-state index in [9.17, 15) is 9.59 Å². The smallest absolute Gasteiger partial charge is 0.257 e. The number of amides is 2. The van der Waals surface area contributed by atoms with Crippen molar-refractivity contribution in [3.8, 4) is 5.75 Å². The van der Waals surface area contributed by atoms with Crippen LogP contribution in [0.25, 0.3) is 0 Å². The molecule has 0 unspecified atom stereocenters. The Balaban J connectivity index is 1.76. The highest BCUT2D eigenvalue weighted by Gasteiger charge is 2.09. The zero-order valence-electron chi connectivity index (χ0n) is 19.6. The predicted octanol–water partition coefficient (Wildman–Crippen LogP) is 5.69. The number of ether oxygens (including phenoxy) is 1. The Morgan fingerprint density at radius 1 is 0.788 bits per heavy atom. The summed E-state index contributed by atoms with van der Waals surface area (Å²) in [5.41, 5.74) is 1.76. The van der Waals surface area contributed by atoms with E-state index in [0.29, 0.717) is 30.0 Å². The third kappa shape index (κ3) is 10.0. The minimum Gasteiger partial charge on any atom is -0.494 e. The number of nitrogens with one attached hydrogen (secondary N) is 3. The molecule has 7 heteroatoms. The van der Waals surface area contributed by atoms with Crippen LogP contribution in [-0.4, -0.2) is 30.1 Å². The van der Waals surface area contributed by atoms with E-state index < -0.39 is 0 Å². The van der Waals surface area contributed by atoms with Crippen LogP contribution in [0.2, 0.25) is 0 Å². The third-order valence-electron chi connectivity index (χ3n) is 5.08. The summed E-state index contributed by atoms with van der Waals surface area (Å²) >= 11 is 5.25. The Labute approximate surface area is 202 Å². The molecule has 0 spiro atoms. The fourth-order valence-electron chi connectivity index (χ4n) is 3.12. The van der Waals surface area contributed by atoms with Crippen LogP contribution < -0.4 is 20.7 Å². The summed E-state index contributed by atoms with van der Waals surface area (Å²) in [7, 11) is 0. The molecule has 3 N–H and O–H groups in total. The molecule has 0 heterocycles. The van der Waals surface area contributed by atoms with Crippen LogP contribution in [0.15, 0.2) is 48.5 Å². The zero-order valence-corrected chi connectivity index (χ0v) is 20.4. The molecule has 2 aromatic rings. The minimum atomic E-state index is -0.300. The van der Waals surface area contributed by atoms with Gasteiger partial charge in [-0.1, -0.05) is 46.0 Å². The van der Waals surface area contributed by atoms with Gasteiger partial charge in [0.2, 0.25) is 0 Å². The zero-order chi connectivity index (χ0) is 23.9. The van der Waals surface area contributed by atoms with Crippen LogP contribution >= 0.6 is 12.2 Å². The van der Waals surface area contributed by atoms with Crippen molar-refractivity contribution in [2.75, 3.05) is 18.5 Å². The molecule has 2 amide bonds. The maximum Gasteiger partial charge on any atom is 0.257 e. The monoisotopic (exact) mass is 469 g/mol. The highest BCUT2D eigenvalue weighted by Crippen LogP contribution is 2.14. The Morgan fingerprint density at radius 3 is 2.06 bits per heavy atom. The van der Waals surface area contributed by atoms with Crippen molar-refractivity contribution in [1.29, 1.82) is 0 Å². The first-order chi connectivity index (χ1) is 16.0. The lowest BCUT2D eigenvalue weighted by atomic mass is 10.2. The lowest BCUT2D eigenvalue weighted by molar-refractivity contribution is 0.0950. The van der Waals surface area contributed by atoms with E-state index in [2.05, 4.69) is 29.8 Å². The van der Waals surface area contributed by atoms with E-state index in [-0.39, 0.29) is 16.9 Å². The van der Waals surface area contributed by atoms with Crippen LogP contribution in [0, 0.1) is 0 Å². The van der Waals surface area contributed by atoms with Gasteiger partial charge in [-0.25, -0.2) is 0 Å². The minimum absolute atomic E-state index is 0.102. The molecule has 0 aliphatic rings. The summed E-state index contributed by atoms with van der Waals surface area (Å²) in [4.78, 5) is 24.5. The van der Waals surface area contributed by atoms with Gasteiger partial charge in [0.1, 0.15) is 5.75 Å². The Kier molecular flexibility index (Phi) is 12.0. The van der Waals surface area contributed by atoms with Crippen LogP contribution in [0.4, 0.5) is 5.69 Å². The quantitative estimate of drug-likeness (QED) is 0.259. The van der Waals surface area contributed by atoms with Crippen LogP contribution in [-0.2, 0) is 0 Å². The molecule has 0 radical (unpaired) electrons. The van der Waals surface area contributed by atoms with Crippen molar-refractivity contribution in [2.24, 2.45) is 0 Å². The molecule has 0 aromatic heterocycles. The SMILES string of the molecule is CCCCCCCOc1ccc(C(=O)NC(=S)Nc2ccc(C(=O)NCCCC)cc2)cc1. The fraction of sp³-hybridized carbons (Fsp3) is 0.423. The molecule has 0 saturated heterocycles. The summed E-state index contributed by atoms with van der Waals surface area (Å²) in [6, 6.07) is 14.0. The van der Waals surface area contributed by atoms with E-state index >= 15 is 0 Å². The van der Waals surface area contributed by atoms with Crippen LogP contribution in [0.5, 0.6) is 5.75 Å². The molecular weight excluding hydrogens is 434 g/mol. The second-order valence-electron chi connectivity index (χ2n) is 7.88. The molecule has 2 aromatic carbocycles. The van der Waals surface area contributed by atoms with Gasteiger partial charge in [-0.15, -0.1) is 0 Å². The van der Waals surface area contributed by atoms with Crippen molar-refractivity contribution in [1.82, 2.24) is 10.6 Å². The van der Waals surface area contributed by atoms with E-state index in [1.165, 1.54) is 25.7 Å². The molecule has 0 aliphatic carbocycles. The van der Waals surface area contributed by atoms with E-state index in [4.69, 9.17) is 17.0 Å². The second-order valence-corrected chi connectivity index (χ2v) is 8.29. The number of hydrogen-bond acceptors (Lipinski definition) is 4. The Bertz CT molecular complexity index is 883. The molecule has 2 rings (SSSR count). The molecular formula is C26H35N3O3S. The third-order valence-corrected chi connectivity index (χ3v) is 5.29. The molecule has 0 atom stereocenters. The Hall–Kier alpha value is -2.93. The van der Waals surface area contributed by atoms with Gasteiger partial charge in [-0.2, -0.15) is 0 Å². The maximum absolute atomic E-state index is 12.5. The predicted molar refractivity (Wildman–Crippen MR) is 138 cm³/mol. The van der Waals surface area contributed by atoms with Crippen molar-refractivity contribution in [3.63, 3.8) is 0 Å². The number of carbonyl (C=O) groups excluding carboxylic acids is 2.